The number of nitrogens with zero attached hydrogens (tertiary/aromatic N) is 2. The fourth-order valence-corrected chi connectivity index (χ4v) is 2.53. The van der Waals surface area contributed by atoms with Crippen molar-refractivity contribution in [3.8, 4) is 5.75 Å². The molecule has 1 aromatic rings. The first kappa shape index (κ1) is 18.3. The van der Waals surface area contributed by atoms with Crippen LogP contribution in [0.5, 0.6) is 5.75 Å². The zero-order chi connectivity index (χ0) is 17.5. The molecule has 0 saturated carbocycles. The molecule has 0 radical (unpaired) electrons. The minimum Gasteiger partial charge on any atom is -0.490 e. The van der Waals surface area contributed by atoms with Gasteiger partial charge in [-0.2, -0.15) is 0 Å². The molecular formula is C18H27N3O3. The van der Waals surface area contributed by atoms with Crippen LogP contribution in [0.25, 0.3) is 0 Å². The van der Waals surface area contributed by atoms with E-state index in [9.17, 15) is 9.59 Å². The molecule has 0 spiro atoms. The van der Waals surface area contributed by atoms with Crippen molar-refractivity contribution in [2.45, 2.75) is 32.7 Å². The minimum atomic E-state index is -0.552. The van der Waals surface area contributed by atoms with Crippen molar-refractivity contribution < 1.29 is 14.3 Å². The van der Waals surface area contributed by atoms with Crippen LogP contribution >= 0.6 is 0 Å². The normalized spacial score (nSPS) is 13.6. The fourth-order valence-electron chi connectivity index (χ4n) is 2.53. The molecule has 1 aliphatic rings. The smallest absolute Gasteiger partial charge is 0.316 e. The van der Waals surface area contributed by atoms with E-state index in [2.05, 4.69) is 31.1 Å². The van der Waals surface area contributed by atoms with Crippen LogP contribution in [0.2, 0.25) is 0 Å². The highest BCUT2D eigenvalue weighted by Gasteiger charge is 2.27. The summed E-state index contributed by atoms with van der Waals surface area (Å²) in [7, 11) is 2.09. The number of nitrogens with one attached hydrogen (secondary N) is 1. The quantitative estimate of drug-likeness (QED) is 0.635. The number of ether oxygens (including phenoxy) is 1. The molecule has 24 heavy (non-hydrogen) atoms. The van der Waals surface area contributed by atoms with Gasteiger partial charge in [-0.25, -0.2) is 0 Å². The third-order valence-corrected chi connectivity index (χ3v) is 4.27. The maximum Gasteiger partial charge on any atom is 0.316 e. The minimum absolute atomic E-state index is 0.391. The van der Waals surface area contributed by atoms with Crippen LogP contribution in [-0.2, 0) is 9.59 Å². The maximum absolute atomic E-state index is 12.4. The summed E-state index contributed by atoms with van der Waals surface area (Å²) in [4.78, 5) is 28.2. The van der Waals surface area contributed by atoms with E-state index in [4.69, 9.17) is 4.74 Å². The summed E-state index contributed by atoms with van der Waals surface area (Å²) in [6, 6.07) is 7.79. The second kappa shape index (κ2) is 8.68. The first-order valence-electron chi connectivity index (χ1n) is 8.52. The highest BCUT2D eigenvalue weighted by Crippen LogP contribution is 2.30. The van der Waals surface area contributed by atoms with Gasteiger partial charge in [0.1, 0.15) is 12.4 Å². The van der Waals surface area contributed by atoms with Gasteiger partial charge in [0.25, 0.3) is 0 Å². The molecule has 0 fully saturated rings. The summed E-state index contributed by atoms with van der Waals surface area (Å²) < 4.78 is 5.51. The van der Waals surface area contributed by atoms with Gasteiger partial charge in [-0.3, -0.25) is 14.5 Å². The molecule has 0 aliphatic carbocycles. The third kappa shape index (κ3) is 4.71. The average molecular weight is 333 g/mol. The molecule has 1 aromatic carbocycles. The lowest BCUT2D eigenvalue weighted by Gasteiger charge is -2.28. The van der Waals surface area contributed by atoms with Gasteiger partial charge < -0.3 is 15.0 Å². The molecule has 0 atom stereocenters. The SMILES string of the molecule is CC(C)N(C)CCCCNC(=O)C(=O)N1CCOc2ccccc21. The Hall–Kier alpha value is -2.08. The number of benzene rings is 1. The largest absolute Gasteiger partial charge is 0.490 e. The maximum atomic E-state index is 12.4. The number of hydrogen-bond acceptors (Lipinski definition) is 4. The molecule has 132 valence electrons. The van der Waals surface area contributed by atoms with Crippen molar-refractivity contribution in [1.29, 1.82) is 0 Å². The summed E-state index contributed by atoms with van der Waals surface area (Å²) in [6.45, 7) is 6.60. The predicted octanol–water partition coefficient (Wildman–Crippen LogP) is 1.65. The lowest BCUT2D eigenvalue weighted by Crippen LogP contribution is -2.46. The molecule has 1 heterocycles. The van der Waals surface area contributed by atoms with E-state index in [1.165, 1.54) is 4.90 Å². The lowest BCUT2D eigenvalue weighted by molar-refractivity contribution is -0.137. The number of amides is 2. The Kier molecular flexibility index (Phi) is 6.61. The Morgan fingerprint density at radius 2 is 2.04 bits per heavy atom. The number of fused-ring (bicyclic) bond motifs is 1. The molecule has 0 unspecified atom stereocenters. The number of carbonyl (C=O) groups is 2. The average Bonchev–Trinajstić information content (AvgIpc) is 2.59. The van der Waals surface area contributed by atoms with Gasteiger partial charge in [-0.05, 0) is 52.4 Å². The van der Waals surface area contributed by atoms with E-state index in [1.54, 1.807) is 12.1 Å². The molecule has 1 N–H and O–H groups in total. The van der Waals surface area contributed by atoms with Crippen molar-refractivity contribution in [3.63, 3.8) is 0 Å². The molecule has 2 amide bonds. The van der Waals surface area contributed by atoms with Crippen LogP contribution in [0.4, 0.5) is 5.69 Å². The Balaban J connectivity index is 1.78. The van der Waals surface area contributed by atoms with Gasteiger partial charge in [0.05, 0.1) is 12.2 Å². The van der Waals surface area contributed by atoms with E-state index in [-0.39, 0.29) is 0 Å². The Bertz CT molecular complexity index is 574. The molecule has 0 saturated heterocycles. The van der Waals surface area contributed by atoms with E-state index in [0.29, 0.717) is 37.2 Å². The Labute approximate surface area is 143 Å². The van der Waals surface area contributed by atoms with E-state index in [0.717, 1.165) is 19.4 Å². The molecule has 0 aromatic heterocycles. The number of hydrogen-bond donors (Lipinski definition) is 1. The molecule has 1 aliphatic heterocycles. The molecule has 2 rings (SSSR count). The zero-order valence-corrected chi connectivity index (χ0v) is 14.7. The van der Waals surface area contributed by atoms with Crippen molar-refractivity contribution in [2.75, 3.05) is 38.2 Å². The first-order chi connectivity index (χ1) is 11.5. The van der Waals surface area contributed by atoms with Gasteiger partial charge in [-0.1, -0.05) is 12.1 Å². The fraction of sp³-hybridized carbons (Fsp3) is 0.556. The first-order valence-corrected chi connectivity index (χ1v) is 8.52. The topological polar surface area (TPSA) is 61.9 Å². The van der Waals surface area contributed by atoms with Crippen LogP contribution in [0.3, 0.4) is 0 Å². The van der Waals surface area contributed by atoms with Crippen molar-refractivity contribution >= 4 is 17.5 Å². The predicted molar refractivity (Wildman–Crippen MR) is 94.3 cm³/mol. The molecule has 0 bridgehead atoms. The molecule has 6 heteroatoms. The summed E-state index contributed by atoms with van der Waals surface area (Å²) in [5.41, 5.74) is 0.655. The number of rotatable bonds is 6. The molecule has 6 nitrogen and oxygen atoms in total. The van der Waals surface area contributed by atoms with Gasteiger partial charge in [-0.15, -0.1) is 0 Å². The number of anilines is 1. The second-order valence-electron chi connectivity index (χ2n) is 6.31. The van der Waals surface area contributed by atoms with Gasteiger partial charge in [0.2, 0.25) is 0 Å². The second-order valence-corrected chi connectivity index (χ2v) is 6.31. The zero-order valence-electron chi connectivity index (χ0n) is 14.7. The van der Waals surface area contributed by atoms with E-state index < -0.39 is 11.8 Å². The Morgan fingerprint density at radius 1 is 1.29 bits per heavy atom. The van der Waals surface area contributed by atoms with Crippen molar-refractivity contribution in [3.05, 3.63) is 24.3 Å². The highest BCUT2D eigenvalue weighted by molar-refractivity contribution is 6.40. The summed E-state index contributed by atoms with van der Waals surface area (Å²) >= 11 is 0. The Morgan fingerprint density at radius 3 is 2.79 bits per heavy atom. The van der Waals surface area contributed by atoms with Crippen LogP contribution in [0.15, 0.2) is 24.3 Å². The van der Waals surface area contributed by atoms with Gasteiger partial charge in [0, 0.05) is 12.6 Å². The summed E-state index contributed by atoms with van der Waals surface area (Å²) in [5.74, 6) is -0.435. The van der Waals surface area contributed by atoms with E-state index >= 15 is 0 Å². The highest BCUT2D eigenvalue weighted by atomic mass is 16.5. The van der Waals surface area contributed by atoms with E-state index in [1.807, 2.05) is 12.1 Å². The van der Waals surface area contributed by atoms with Crippen molar-refractivity contribution in [1.82, 2.24) is 10.2 Å². The number of carbonyl (C=O) groups excluding carboxylic acids is 2. The number of unbranched alkanes of at least 4 members (excludes halogenated alkanes) is 1. The molecular weight excluding hydrogens is 306 g/mol. The van der Waals surface area contributed by atoms with Gasteiger partial charge >= 0.3 is 11.8 Å². The monoisotopic (exact) mass is 333 g/mol. The lowest BCUT2D eigenvalue weighted by atomic mass is 10.2. The number of para-hydroxylation sites is 2. The summed E-state index contributed by atoms with van der Waals surface area (Å²) in [6.07, 6.45) is 1.85. The van der Waals surface area contributed by atoms with Gasteiger partial charge in [0.15, 0.2) is 0 Å². The van der Waals surface area contributed by atoms with Crippen molar-refractivity contribution in [2.24, 2.45) is 0 Å². The van der Waals surface area contributed by atoms with Crippen LogP contribution in [0.1, 0.15) is 26.7 Å². The third-order valence-electron chi connectivity index (χ3n) is 4.27. The standard InChI is InChI=1S/C18H27N3O3/c1-14(2)20(3)11-7-6-10-19-17(22)18(23)21-12-13-24-16-9-5-4-8-15(16)21/h4-5,8-9,14H,6-7,10-13H2,1-3H3,(H,19,22). The van der Waals surface area contributed by atoms with Crippen LogP contribution in [-0.4, -0.2) is 56.0 Å². The van der Waals surface area contributed by atoms with Crippen LogP contribution in [0, 0.1) is 0 Å². The van der Waals surface area contributed by atoms with Crippen LogP contribution < -0.4 is 15.0 Å². The summed E-state index contributed by atoms with van der Waals surface area (Å²) in [5, 5.41) is 2.72.